The molecule has 92 valence electrons. The van der Waals surface area contributed by atoms with Gasteiger partial charge in [0.25, 0.3) is 0 Å². The molecule has 0 spiro atoms. The molecule has 0 fully saturated rings. The Bertz CT molecular complexity index is 94.7. The summed E-state index contributed by atoms with van der Waals surface area (Å²) in [5, 5.41) is 3.36. The number of halogens is 1. The number of unbranched alkanes of at least 4 members (excludes halogenated alkanes) is 8. The number of hydrogen-bond acceptors (Lipinski definition) is 1. The fraction of sp³-hybridized carbons (Fsp3) is 1.00. The van der Waals surface area contributed by atoms with Crippen LogP contribution < -0.4 is 5.32 Å². The van der Waals surface area contributed by atoms with E-state index in [2.05, 4.69) is 12.2 Å². The Hall–Kier alpha value is 0.250. The molecule has 0 aromatic heterocycles. The monoisotopic (exact) mass is 233 g/mol. The van der Waals surface area contributed by atoms with Crippen molar-refractivity contribution in [3.63, 3.8) is 0 Å². The highest BCUT2D eigenvalue weighted by atomic mass is 35.5. The molecule has 0 rings (SSSR count). The zero-order chi connectivity index (χ0) is 11.2. The Morgan fingerprint density at radius 1 is 0.733 bits per heavy atom. The first-order valence-corrected chi connectivity index (χ1v) is 7.22. The maximum absolute atomic E-state index is 5.62. The van der Waals surface area contributed by atoms with Gasteiger partial charge in [-0.2, -0.15) is 0 Å². The lowest BCUT2D eigenvalue weighted by atomic mass is 10.1. The van der Waals surface area contributed by atoms with Crippen molar-refractivity contribution in [3.8, 4) is 0 Å². The molecule has 0 aliphatic carbocycles. The lowest BCUT2D eigenvalue weighted by Crippen LogP contribution is -2.13. The minimum atomic E-state index is 0.838. The van der Waals surface area contributed by atoms with E-state index in [-0.39, 0.29) is 0 Å². The van der Waals surface area contributed by atoms with Crippen LogP contribution in [0.2, 0.25) is 0 Å². The van der Waals surface area contributed by atoms with E-state index in [1.807, 2.05) is 0 Å². The molecule has 0 aliphatic rings. The van der Waals surface area contributed by atoms with Crippen LogP contribution in [0.25, 0.3) is 0 Å². The molecule has 0 saturated heterocycles. The van der Waals surface area contributed by atoms with E-state index < -0.39 is 0 Å². The van der Waals surface area contributed by atoms with Crippen LogP contribution in [0, 0.1) is 0 Å². The molecule has 0 amide bonds. The van der Waals surface area contributed by atoms with Crippen LogP contribution in [-0.2, 0) is 0 Å². The van der Waals surface area contributed by atoms with E-state index in [0.717, 1.165) is 12.4 Å². The number of alkyl halides is 1. The van der Waals surface area contributed by atoms with E-state index in [4.69, 9.17) is 11.6 Å². The Morgan fingerprint density at radius 3 is 1.67 bits per heavy atom. The highest BCUT2D eigenvalue weighted by Crippen LogP contribution is 2.09. The van der Waals surface area contributed by atoms with Gasteiger partial charge in [-0.1, -0.05) is 51.9 Å². The molecule has 0 atom stereocenters. The first-order valence-electron chi connectivity index (χ1n) is 6.68. The van der Waals surface area contributed by atoms with Crippen molar-refractivity contribution in [2.24, 2.45) is 0 Å². The normalized spacial score (nSPS) is 10.8. The fourth-order valence-electron chi connectivity index (χ4n) is 1.76. The van der Waals surface area contributed by atoms with Crippen LogP contribution in [0.15, 0.2) is 0 Å². The second kappa shape index (κ2) is 14.2. The van der Waals surface area contributed by atoms with Gasteiger partial charge >= 0.3 is 0 Å². The highest BCUT2D eigenvalue weighted by molar-refractivity contribution is 6.17. The lowest BCUT2D eigenvalue weighted by Gasteiger charge is -2.02. The number of rotatable bonds is 12. The number of nitrogens with one attached hydrogen (secondary N) is 1. The molecular weight excluding hydrogens is 206 g/mol. The van der Waals surface area contributed by atoms with Gasteiger partial charge < -0.3 is 5.32 Å². The summed E-state index contributed by atoms with van der Waals surface area (Å²) in [6, 6.07) is 0. The first-order chi connectivity index (χ1) is 7.41. The second-order valence-corrected chi connectivity index (χ2v) is 4.60. The standard InChI is InChI=1S/C13H28ClN/c1-2-15-13-11-9-7-5-3-4-6-8-10-12-14/h15H,2-13H2,1H3. The van der Waals surface area contributed by atoms with Crippen molar-refractivity contribution >= 4 is 11.6 Å². The van der Waals surface area contributed by atoms with Crippen molar-refractivity contribution in [2.75, 3.05) is 19.0 Å². The van der Waals surface area contributed by atoms with Crippen molar-refractivity contribution in [3.05, 3.63) is 0 Å². The molecule has 2 heteroatoms. The van der Waals surface area contributed by atoms with Gasteiger partial charge in [0.05, 0.1) is 0 Å². The van der Waals surface area contributed by atoms with Crippen LogP contribution in [0.1, 0.15) is 64.7 Å². The average molecular weight is 234 g/mol. The molecule has 0 heterocycles. The third-order valence-corrected chi connectivity index (χ3v) is 3.00. The average Bonchev–Trinajstić information content (AvgIpc) is 2.26. The Kier molecular flexibility index (Phi) is 14.5. The fourth-order valence-corrected chi connectivity index (χ4v) is 1.95. The smallest absolute Gasteiger partial charge is 0.0223 e. The van der Waals surface area contributed by atoms with Crippen LogP contribution in [0.5, 0.6) is 0 Å². The lowest BCUT2D eigenvalue weighted by molar-refractivity contribution is 0.553. The molecule has 0 saturated carbocycles. The highest BCUT2D eigenvalue weighted by Gasteiger charge is 1.92. The molecule has 0 aliphatic heterocycles. The molecule has 1 nitrogen and oxygen atoms in total. The van der Waals surface area contributed by atoms with Gasteiger partial charge in [0.15, 0.2) is 0 Å². The van der Waals surface area contributed by atoms with Crippen LogP contribution in [0.4, 0.5) is 0 Å². The molecule has 0 bridgehead atoms. The minimum Gasteiger partial charge on any atom is -0.317 e. The molecule has 1 N–H and O–H groups in total. The zero-order valence-corrected chi connectivity index (χ0v) is 11.1. The zero-order valence-electron chi connectivity index (χ0n) is 10.4. The van der Waals surface area contributed by atoms with Gasteiger partial charge in [0.2, 0.25) is 0 Å². The quantitative estimate of drug-likeness (QED) is 0.391. The largest absolute Gasteiger partial charge is 0.317 e. The van der Waals surface area contributed by atoms with Crippen molar-refractivity contribution in [1.29, 1.82) is 0 Å². The SMILES string of the molecule is CCNCCCCCCCCCCCCl. The summed E-state index contributed by atoms with van der Waals surface area (Å²) in [5.74, 6) is 0.838. The van der Waals surface area contributed by atoms with E-state index >= 15 is 0 Å². The summed E-state index contributed by atoms with van der Waals surface area (Å²) in [6.45, 7) is 4.48. The van der Waals surface area contributed by atoms with E-state index in [1.54, 1.807) is 0 Å². The van der Waals surface area contributed by atoms with Gasteiger partial charge in [0.1, 0.15) is 0 Å². The minimum absolute atomic E-state index is 0.838. The summed E-state index contributed by atoms with van der Waals surface area (Å²) in [6.07, 6.45) is 12.3. The third-order valence-electron chi connectivity index (χ3n) is 2.74. The second-order valence-electron chi connectivity index (χ2n) is 4.22. The molecule has 0 radical (unpaired) electrons. The van der Waals surface area contributed by atoms with Gasteiger partial charge in [-0.3, -0.25) is 0 Å². The molecule has 0 aromatic carbocycles. The maximum Gasteiger partial charge on any atom is 0.0223 e. The summed E-state index contributed by atoms with van der Waals surface area (Å²) in [5.41, 5.74) is 0. The Balaban J connectivity index is 2.81. The molecule has 15 heavy (non-hydrogen) atoms. The topological polar surface area (TPSA) is 12.0 Å². The van der Waals surface area contributed by atoms with E-state index in [1.165, 1.54) is 64.3 Å². The van der Waals surface area contributed by atoms with Gasteiger partial charge in [0, 0.05) is 5.88 Å². The summed E-state index contributed by atoms with van der Waals surface area (Å²) >= 11 is 5.62. The predicted molar refractivity (Wildman–Crippen MR) is 70.8 cm³/mol. The Labute approximate surface area is 101 Å². The van der Waals surface area contributed by atoms with Gasteiger partial charge in [-0.05, 0) is 25.9 Å². The van der Waals surface area contributed by atoms with E-state index in [0.29, 0.717) is 0 Å². The van der Waals surface area contributed by atoms with Crippen molar-refractivity contribution in [2.45, 2.75) is 64.7 Å². The Morgan fingerprint density at radius 2 is 1.20 bits per heavy atom. The van der Waals surface area contributed by atoms with Crippen LogP contribution in [0.3, 0.4) is 0 Å². The van der Waals surface area contributed by atoms with Crippen LogP contribution in [-0.4, -0.2) is 19.0 Å². The first kappa shape index (κ1) is 15.2. The van der Waals surface area contributed by atoms with Crippen molar-refractivity contribution < 1.29 is 0 Å². The van der Waals surface area contributed by atoms with E-state index in [9.17, 15) is 0 Å². The third kappa shape index (κ3) is 14.2. The van der Waals surface area contributed by atoms with Gasteiger partial charge in [-0.15, -0.1) is 11.6 Å². The number of hydrogen-bond donors (Lipinski definition) is 1. The summed E-state index contributed by atoms with van der Waals surface area (Å²) in [7, 11) is 0. The summed E-state index contributed by atoms with van der Waals surface area (Å²) < 4.78 is 0. The molecule has 0 unspecified atom stereocenters. The predicted octanol–water partition coefficient (Wildman–Crippen LogP) is 4.35. The maximum atomic E-state index is 5.62. The van der Waals surface area contributed by atoms with Gasteiger partial charge in [-0.25, -0.2) is 0 Å². The molecule has 0 aromatic rings. The van der Waals surface area contributed by atoms with Crippen molar-refractivity contribution in [1.82, 2.24) is 5.32 Å². The molecular formula is C13H28ClN. The van der Waals surface area contributed by atoms with Crippen LogP contribution >= 0.6 is 11.6 Å². The summed E-state index contributed by atoms with van der Waals surface area (Å²) in [4.78, 5) is 0.